The van der Waals surface area contributed by atoms with Gasteiger partial charge in [0.2, 0.25) is 5.91 Å². The maximum Gasteiger partial charge on any atom is 0.318 e. The van der Waals surface area contributed by atoms with E-state index in [-0.39, 0.29) is 11.9 Å². The monoisotopic (exact) mass is 413 g/mol. The summed E-state index contributed by atoms with van der Waals surface area (Å²) in [7, 11) is 3.92. The number of hydrogen-bond acceptors (Lipinski definition) is 5. The molecule has 162 valence electrons. The van der Waals surface area contributed by atoms with E-state index in [0.29, 0.717) is 38.5 Å². The number of piperazine rings is 1. The Labute approximate surface area is 177 Å². The SMILES string of the molecule is CN(C)CCNC(=O)C1CN(Cc2ccccc2)CCN1C(=O)NCc1ccco1. The Morgan fingerprint density at radius 2 is 1.90 bits per heavy atom. The average Bonchev–Trinajstić information content (AvgIpc) is 3.26. The molecular formula is C22H31N5O3. The summed E-state index contributed by atoms with van der Waals surface area (Å²) >= 11 is 0. The lowest BCUT2D eigenvalue weighted by molar-refractivity contribution is -0.127. The molecule has 0 radical (unpaired) electrons. The summed E-state index contributed by atoms with van der Waals surface area (Å²) in [5, 5.41) is 5.84. The van der Waals surface area contributed by atoms with Crippen LogP contribution in [0.25, 0.3) is 0 Å². The molecule has 0 bridgehead atoms. The molecule has 3 rings (SSSR count). The highest BCUT2D eigenvalue weighted by molar-refractivity contribution is 5.87. The number of urea groups is 1. The number of rotatable bonds is 8. The number of furan rings is 1. The van der Waals surface area contributed by atoms with Crippen LogP contribution in [-0.2, 0) is 17.9 Å². The molecule has 0 spiro atoms. The molecule has 1 aliphatic heterocycles. The zero-order chi connectivity index (χ0) is 21.3. The van der Waals surface area contributed by atoms with Crippen LogP contribution in [0.2, 0.25) is 0 Å². The van der Waals surface area contributed by atoms with Crippen LogP contribution in [0.5, 0.6) is 0 Å². The van der Waals surface area contributed by atoms with Gasteiger partial charge in [0.15, 0.2) is 0 Å². The molecule has 1 unspecified atom stereocenters. The minimum Gasteiger partial charge on any atom is -0.467 e. The summed E-state index contributed by atoms with van der Waals surface area (Å²) in [5.74, 6) is 0.556. The van der Waals surface area contributed by atoms with Crippen LogP contribution in [0, 0.1) is 0 Å². The van der Waals surface area contributed by atoms with Crippen molar-refractivity contribution in [2.45, 2.75) is 19.1 Å². The molecule has 1 aromatic carbocycles. The Bertz CT molecular complexity index is 794. The van der Waals surface area contributed by atoms with Crippen molar-refractivity contribution in [1.29, 1.82) is 0 Å². The highest BCUT2D eigenvalue weighted by Crippen LogP contribution is 2.14. The molecule has 8 heteroatoms. The van der Waals surface area contributed by atoms with E-state index in [0.717, 1.165) is 13.1 Å². The maximum absolute atomic E-state index is 12.9. The largest absolute Gasteiger partial charge is 0.467 e. The van der Waals surface area contributed by atoms with Gasteiger partial charge in [-0.05, 0) is 31.8 Å². The highest BCUT2D eigenvalue weighted by Gasteiger charge is 2.35. The summed E-state index contributed by atoms with van der Waals surface area (Å²) in [6, 6.07) is 13.0. The van der Waals surface area contributed by atoms with E-state index in [4.69, 9.17) is 4.42 Å². The number of likely N-dealkylation sites (N-methyl/N-ethyl adjacent to an activating group) is 1. The van der Waals surface area contributed by atoms with Gasteiger partial charge in [0, 0.05) is 39.3 Å². The molecule has 0 aliphatic carbocycles. The highest BCUT2D eigenvalue weighted by atomic mass is 16.3. The van der Waals surface area contributed by atoms with Crippen molar-refractivity contribution in [3.8, 4) is 0 Å². The van der Waals surface area contributed by atoms with Crippen LogP contribution in [0.3, 0.4) is 0 Å². The summed E-state index contributed by atoms with van der Waals surface area (Å²) in [4.78, 5) is 31.6. The van der Waals surface area contributed by atoms with Crippen molar-refractivity contribution < 1.29 is 14.0 Å². The van der Waals surface area contributed by atoms with Gasteiger partial charge in [-0.25, -0.2) is 4.79 Å². The lowest BCUT2D eigenvalue weighted by atomic mass is 10.1. The van der Waals surface area contributed by atoms with Crippen LogP contribution in [0.15, 0.2) is 53.1 Å². The summed E-state index contributed by atoms with van der Waals surface area (Å²) in [6.45, 7) is 4.04. The Balaban J connectivity index is 1.63. The summed E-state index contributed by atoms with van der Waals surface area (Å²) < 4.78 is 5.28. The topological polar surface area (TPSA) is 81.1 Å². The van der Waals surface area contributed by atoms with Crippen molar-refractivity contribution in [1.82, 2.24) is 25.3 Å². The molecule has 2 aromatic rings. The molecule has 1 aromatic heterocycles. The van der Waals surface area contributed by atoms with Crippen LogP contribution >= 0.6 is 0 Å². The second-order valence-corrected chi connectivity index (χ2v) is 7.76. The first kappa shape index (κ1) is 21.9. The van der Waals surface area contributed by atoms with Crippen molar-refractivity contribution in [2.24, 2.45) is 0 Å². The number of carbonyl (C=O) groups excluding carboxylic acids is 2. The molecule has 0 saturated carbocycles. The molecule has 30 heavy (non-hydrogen) atoms. The van der Waals surface area contributed by atoms with E-state index in [1.807, 2.05) is 43.3 Å². The predicted molar refractivity (Wildman–Crippen MR) is 115 cm³/mol. The fourth-order valence-electron chi connectivity index (χ4n) is 3.49. The van der Waals surface area contributed by atoms with Gasteiger partial charge in [0.1, 0.15) is 11.8 Å². The van der Waals surface area contributed by atoms with Crippen molar-refractivity contribution in [2.75, 3.05) is 46.8 Å². The Morgan fingerprint density at radius 1 is 1.10 bits per heavy atom. The minimum absolute atomic E-state index is 0.122. The molecule has 2 heterocycles. The first-order valence-electron chi connectivity index (χ1n) is 10.3. The maximum atomic E-state index is 12.9. The Kier molecular flexibility index (Phi) is 7.87. The molecule has 8 nitrogen and oxygen atoms in total. The van der Waals surface area contributed by atoms with Crippen molar-refractivity contribution in [3.05, 3.63) is 60.1 Å². The van der Waals surface area contributed by atoms with Crippen molar-refractivity contribution in [3.63, 3.8) is 0 Å². The number of carbonyl (C=O) groups is 2. The van der Waals surface area contributed by atoms with E-state index in [9.17, 15) is 9.59 Å². The van der Waals surface area contributed by atoms with Gasteiger partial charge in [0.25, 0.3) is 0 Å². The van der Waals surface area contributed by atoms with Gasteiger partial charge in [-0.3, -0.25) is 9.69 Å². The lowest BCUT2D eigenvalue weighted by Gasteiger charge is -2.40. The van der Waals surface area contributed by atoms with E-state index in [1.54, 1.807) is 17.2 Å². The van der Waals surface area contributed by atoms with Crippen LogP contribution < -0.4 is 10.6 Å². The number of nitrogens with zero attached hydrogens (tertiary/aromatic N) is 3. The van der Waals surface area contributed by atoms with E-state index in [2.05, 4.69) is 27.7 Å². The molecular weight excluding hydrogens is 382 g/mol. The van der Waals surface area contributed by atoms with E-state index >= 15 is 0 Å². The van der Waals surface area contributed by atoms with Crippen LogP contribution in [-0.4, -0.2) is 79.5 Å². The normalized spacial score (nSPS) is 17.2. The standard InChI is InChI=1S/C22H31N5O3/c1-25(2)11-10-23-21(28)20-17-26(16-18-7-4-3-5-8-18)12-13-27(20)22(29)24-15-19-9-6-14-30-19/h3-9,14,20H,10-13,15-17H2,1-2H3,(H,23,28)(H,24,29). The lowest BCUT2D eigenvalue weighted by Crippen LogP contribution is -2.62. The Hall–Kier alpha value is -2.84. The third-order valence-electron chi connectivity index (χ3n) is 5.13. The second-order valence-electron chi connectivity index (χ2n) is 7.76. The molecule has 3 amide bonds. The molecule has 2 N–H and O–H groups in total. The molecule has 1 fully saturated rings. The number of nitrogens with one attached hydrogen (secondary N) is 2. The van der Waals surface area contributed by atoms with Crippen molar-refractivity contribution >= 4 is 11.9 Å². The first-order chi connectivity index (χ1) is 14.5. The zero-order valence-corrected chi connectivity index (χ0v) is 17.7. The van der Waals surface area contributed by atoms with Crippen LogP contribution in [0.1, 0.15) is 11.3 Å². The molecule has 1 aliphatic rings. The zero-order valence-electron chi connectivity index (χ0n) is 17.7. The van der Waals surface area contributed by atoms with Gasteiger partial charge in [0.05, 0.1) is 12.8 Å². The van der Waals surface area contributed by atoms with E-state index in [1.165, 1.54) is 5.56 Å². The van der Waals surface area contributed by atoms with Gasteiger partial charge >= 0.3 is 6.03 Å². The first-order valence-corrected chi connectivity index (χ1v) is 10.3. The average molecular weight is 414 g/mol. The second kappa shape index (κ2) is 10.8. The fourth-order valence-corrected chi connectivity index (χ4v) is 3.49. The summed E-state index contributed by atoms with van der Waals surface area (Å²) in [5.41, 5.74) is 1.19. The summed E-state index contributed by atoms with van der Waals surface area (Å²) in [6.07, 6.45) is 1.57. The van der Waals surface area contributed by atoms with Gasteiger partial charge < -0.3 is 24.9 Å². The van der Waals surface area contributed by atoms with Gasteiger partial charge in [-0.2, -0.15) is 0 Å². The quantitative estimate of drug-likeness (QED) is 0.683. The van der Waals surface area contributed by atoms with Gasteiger partial charge in [-0.15, -0.1) is 0 Å². The minimum atomic E-state index is -0.541. The van der Waals surface area contributed by atoms with Crippen LogP contribution in [0.4, 0.5) is 4.79 Å². The molecule has 1 saturated heterocycles. The smallest absolute Gasteiger partial charge is 0.318 e. The fraction of sp³-hybridized carbons (Fsp3) is 0.455. The van der Waals surface area contributed by atoms with E-state index < -0.39 is 6.04 Å². The van der Waals surface area contributed by atoms with Gasteiger partial charge in [-0.1, -0.05) is 30.3 Å². The third kappa shape index (κ3) is 6.33. The number of hydrogen-bond donors (Lipinski definition) is 2. The molecule has 1 atom stereocenters. The number of amides is 3. The number of benzene rings is 1. The third-order valence-corrected chi connectivity index (χ3v) is 5.13. The Morgan fingerprint density at radius 3 is 2.60 bits per heavy atom. The predicted octanol–water partition coefficient (Wildman–Crippen LogP) is 1.35.